The molecule has 0 radical (unpaired) electrons. The first-order valence-corrected chi connectivity index (χ1v) is 11.5. The molecule has 1 fully saturated rings. The molecule has 3 aromatic carbocycles. The number of hydrogen-bond acceptors (Lipinski definition) is 5. The molecule has 1 aliphatic rings. The average Bonchev–Trinajstić information content (AvgIpc) is 3.12. The highest BCUT2D eigenvalue weighted by molar-refractivity contribution is 6.51. The van der Waals surface area contributed by atoms with E-state index < -0.39 is 17.7 Å². The summed E-state index contributed by atoms with van der Waals surface area (Å²) in [5, 5.41) is 11.3. The van der Waals surface area contributed by atoms with Gasteiger partial charge in [0, 0.05) is 11.3 Å². The van der Waals surface area contributed by atoms with Crippen LogP contribution in [0.3, 0.4) is 0 Å². The van der Waals surface area contributed by atoms with Gasteiger partial charge >= 0.3 is 5.97 Å². The molecule has 35 heavy (non-hydrogen) atoms. The molecule has 1 atom stereocenters. The Morgan fingerprint density at radius 2 is 1.66 bits per heavy atom. The van der Waals surface area contributed by atoms with Crippen LogP contribution in [0.5, 0.6) is 0 Å². The van der Waals surface area contributed by atoms with Crippen LogP contribution < -0.4 is 4.90 Å². The van der Waals surface area contributed by atoms with E-state index in [1.807, 2.05) is 62.4 Å². The molecule has 1 N–H and O–H groups in total. The van der Waals surface area contributed by atoms with Crippen LogP contribution >= 0.6 is 0 Å². The van der Waals surface area contributed by atoms with Gasteiger partial charge in [0.2, 0.25) is 0 Å². The van der Waals surface area contributed by atoms with Gasteiger partial charge in [-0.15, -0.1) is 0 Å². The lowest BCUT2D eigenvalue weighted by Crippen LogP contribution is -2.29. The van der Waals surface area contributed by atoms with Crippen molar-refractivity contribution in [3.63, 3.8) is 0 Å². The first-order chi connectivity index (χ1) is 16.8. The van der Waals surface area contributed by atoms with Crippen molar-refractivity contribution in [3.05, 3.63) is 106 Å². The third-order valence-electron chi connectivity index (χ3n) is 6.08. The summed E-state index contributed by atoms with van der Waals surface area (Å²) < 4.78 is 5.00. The normalized spacial score (nSPS) is 17.0. The van der Waals surface area contributed by atoms with Gasteiger partial charge in [0.05, 0.1) is 24.6 Å². The summed E-state index contributed by atoms with van der Waals surface area (Å²) in [6.07, 6.45) is 0.113. The molecule has 6 heteroatoms. The summed E-state index contributed by atoms with van der Waals surface area (Å²) >= 11 is 0. The van der Waals surface area contributed by atoms with Crippen LogP contribution in [0, 0.1) is 13.8 Å². The van der Waals surface area contributed by atoms with Crippen LogP contribution in [0.15, 0.2) is 78.4 Å². The maximum Gasteiger partial charge on any atom is 0.310 e. The molecule has 1 saturated heterocycles. The van der Waals surface area contributed by atoms with Crippen LogP contribution in [0.1, 0.15) is 40.8 Å². The lowest BCUT2D eigenvalue weighted by molar-refractivity contribution is -0.142. The van der Waals surface area contributed by atoms with Crippen LogP contribution in [-0.4, -0.2) is 29.4 Å². The van der Waals surface area contributed by atoms with Crippen molar-refractivity contribution in [2.75, 3.05) is 11.5 Å². The van der Waals surface area contributed by atoms with Gasteiger partial charge < -0.3 is 9.84 Å². The number of benzene rings is 3. The molecule has 1 heterocycles. The van der Waals surface area contributed by atoms with Gasteiger partial charge in [-0.3, -0.25) is 19.3 Å². The molecule has 4 rings (SSSR count). The second-order valence-corrected chi connectivity index (χ2v) is 8.55. The van der Waals surface area contributed by atoms with Gasteiger partial charge in [0.25, 0.3) is 11.7 Å². The Morgan fingerprint density at radius 3 is 2.31 bits per heavy atom. The van der Waals surface area contributed by atoms with Crippen LogP contribution in [0.4, 0.5) is 5.69 Å². The van der Waals surface area contributed by atoms with Gasteiger partial charge in [-0.05, 0) is 55.7 Å². The predicted octanol–water partition coefficient (Wildman–Crippen LogP) is 5.04. The van der Waals surface area contributed by atoms with E-state index in [1.54, 1.807) is 31.2 Å². The molecule has 1 unspecified atom stereocenters. The van der Waals surface area contributed by atoms with Crippen molar-refractivity contribution in [1.82, 2.24) is 0 Å². The number of ketones is 1. The van der Waals surface area contributed by atoms with Gasteiger partial charge in [0.15, 0.2) is 0 Å². The summed E-state index contributed by atoms with van der Waals surface area (Å²) in [7, 11) is 0. The number of hydrogen-bond donors (Lipinski definition) is 1. The fourth-order valence-corrected chi connectivity index (χ4v) is 4.34. The average molecular weight is 470 g/mol. The number of rotatable bonds is 6. The van der Waals surface area contributed by atoms with Crippen molar-refractivity contribution in [3.8, 4) is 0 Å². The minimum Gasteiger partial charge on any atom is -0.507 e. The van der Waals surface area contributed by atoms with Gasteiger partial charge in [-0.25, -0.2) is 0 Å². The Morgan fingerprint density at radius 1 is 0.971 bits per heavy atom. The number of ether oxygens (including phenoxy) is 1. The highest BCUT2D eigenvalue weighted by Crippen LogP contribution is 2.42. The summed E-state index contributed by atoms with van der Waals surface area (Å²) in [4.78, 5) is 39.8. The van der Waals surface area contributed by atoms with Crippen LogP contribution in [0.25, 0.3) is 5.76 Å². The van der Waals surface area contributed by atoms with Crippen LogP contribution in [-0.2, 0) is 25.5 Å². The lowest BCUT2D eigenvalue weighted by Gasteiger charge is -2.25. The molecule has 3 aromatic rings. The number of Topliss-reactive ketones (excluding diaryl/α,β-unsaturated/α-hetero) is 1. The van der Waals surface area contributed by atoms with Crippen molar-refractivity contribution < 1.29 is 24.2 Å². The van der Waals surface area contributed by atoms with E-state index in [0.717, 1.165) is 16.7 Å². The predicted molar refractivity (Wildman–Crippen MR) is 134 cm³/mol. The number of anilines is 1. The molecule has 1 amide bonds. The zero-order valence-electron chi connectivity index (χ0n) is 19.9. The number of aliphatic hydroxyl groups excluding tert-OH is 1. The quantitative estimate of drug-likeness (QED) is 0.237. The second-order valence-electron chi connectivity index (χ2n) is 8.55. The minimum absolute atomic E-state index is 0.0468. The molecule has 0 bridgehead atoms. The number of carbonyl (C=O) groups is 3. The van der Waals surface area contributed by atoms with Gasteiger partial charge in [-0.2, -0.15) is 0 Å². The van der Waals surface area contributed by atoms with Crippen molar-refractivity contribution in [1.29, 1.82) is 0 Å². The van der Waals surface area contributed by atoms with E-state index in [2.05, 4.69) is 0 Å². The summed E-state index contributed by atoms with van der Waals surface area (Å²) in [6.45, 7) is 5.81. The van der Waals surface area contributed by atoms with Crippen molar-refractivity contribution >= 4 is 29.1 Å². The SMILES string of the molecule is CCOC(=O)Cc1ccc(N2C(=O)C(=O)/C(=C(/O)c3cc(C)ccc3C)C2c2ccccc2)cc1. The van der Waals surface area contributed by atoms with Gasteiger partial charge in [0.1, 0.15) is 5.76 Å². The first-order valence-electron chi connectivity index (χ1n) is 11.5. The molecule has 0 aliphatic carbocycles. The molecule has 178 valence electrons. The lowest BCUT2D eigenvalue weighted by atomic mass is 9.93. The Hall–Kier alpha value is -4.19. The Bertz CT molecular complexity index is 1310. The first kappa shape index (κ1) is 24.0. The number of aryl methyl sites for hydroxylation is 2. The van der Waals surface area contributed by atoms with E-state index in [1.165, 1.54) is 4.90 Å². The number of esters is 1. The van der Waals surface area contributed by atoms with E-state index in [-0.39, 0.29) is 23.7 Å². The van der Waals surface area contributed by atoms with E-state index >= 15 is 0 Å². The fourth-order valence-electron chi connectivity index (χ4n) is 4.34. The largest absolute Gasteiger partial charge is 0.507 e. The third-order valence-corrected chi connectivity index (χ3v) is 6.08. The highest BCUT2D eigenvalue weighted by Gasteiger charge is 2.47. The van der Waals surface area contributed by atoms with Crippen LogP contribution in [0.2, 0.25) is 0 Å². The zero-order chi connectivity index (χ0) is 25.1. The molecule has 0 saturated carbocycles. The number of aliphatic hydroxyl groups is 1. The standard InChI is InChI=1S/C29H27NO5/c1-4-35-24(31)17-20-12-14-22(15-13-20)30-26(21-8-6-5-7-9-21)25(28(33)29(30)34)27(32)23-16-18(2)10-11-19(23)3/h5-16,26,32H,4,17H2,1-3H3/b27-25+. The Kier molecular flexibility index (Phi) is 6.82. The fraction of sp³-hybridized carbons (Fsp3) is 0.207. The smallest absolute Gasteiger partial charge is 0.310 e. The topological polar surface area (TPSA) is 83.9 Å². The zero-order valence-corrected chi connectivity index (χ0v) is 19.9. The third kappa shape index (κ3) is 4.73. The number of nitrogens with zero attached hydrogens (tertiary/aromatic N) is 1. The van der Waals surface area contributed by atoms with Gasteiger partial charge in [-0.1, -0.05) is 60.2 Å². The molecular weight excluding hydrogens is 442 g/mol. The number of carbonyl (C=O) groups excluding carboxylic acids is 3. The number of amides is 1. The molecule has 6 nitrogen and oxygen atoms in total. The molecule has 0 spiro atoms. The highest BCUT2D eigenvalue weighted by atomic mass is 16.5. The van der Waals surface area contributed by atoms with Crippen molar-refractivity contribution in [2.45, 2.75) is 33.2 Å². The molecule has 1 aliphatic heterocycles. The van der Waals surface area contributed by atoms with E-state index in [9.17, 15) is 19.5 Å². The molecule has 0 aromatic heterocycles. The Labute approximate surface area is 204 Å². The maximum absolute atomic E-state index is 13.3. The van der Waals surface area contributed by atoms with Crippen molar-refractivity contribution in [2.24, 2.45) is 0 Å². The maximum atomic E-state index is 13.3. The second kappa shape index (κ2) is 9.97. The van der Waals surface area contributed by atoms with E-state index in [0.29, 0.717) is 23.4 Å². The summed E-state index contributed by atoms with van der Waals surface area (Å²) in [5.41, 5.74) is 4.23. The monoisotopic (exact) mass is 469 g/mol. The summed E-state index contributed by atoms with van der Waals surface area (Å²) in [5.74, 6) is -1.99. The van der Waals surface area contributed by atoms with E-state index in [4.69, 9.17) is 4.74 Å². The Balaban J connectivity index is 1.82. The molecular formula is C29H27NO5. The minimum atomic E-state index is -0.799. The summed E-state index contributed by atoms with van der Waals surface area (Å²) in [6, 6.07) is 20.9.